The molecule has 0 fully saturated rings. The number of amides is 1. The molecule has 0 radical (unpaired) electrons. The molecule has 0 bridgehead atoms. The van der Waals surface area contributed by atoms with Crippen LogP contribution >= 0.6 is 15.9 Å². The number of benzene rings is 3. The highest BCUT2D eigenvalue weighted by molar-refractivity contribution is 9.10. The predicted octanol–water partition coefficient (Wildman–Crippen LogP) is 5.14. The molecule has 0 atom stereocenters. The molecule has 0 aliphatic heterocycles. The third-order valence-corrected chi connectivity index (χ3v) is 5.64. The molecule has 3 aromatic rings. The van der Waals surface area contributed by atoms with E-state index in [0.717, 1.165) is 16.9 Å². The number of methoxy groups -OCH3 is 2. The van der Waals surface area contributed by atoms with Gasteiger partial charge in [-0.15, -0.1) is 0 Å². The van der Waals surface area contributed by atoms with Crippen molar-refractivity contribution in [2.45, 2.75) is 13.2 Å². The molecular formula is C27H22BrN3O4. The van der Waals surface area contributed by atoms with Gasteiger partial charge in [0.25, 0.3) is 5.91 Å². The summed E-state index contributed by atoms with van der Waals surface area (Å²) in [5.74, 6) is 1.08. The maximum absolute atomic E-state index is 12.6. The van der Waals surface area contributed by atoms with Gasteiger partial charge in [0.15, 0.2) is 11.5 Å². The van der Waals surface area contributed by atoms with Gasteiger partial charge in [0, 0.05) is 12.1 Å². The Kier molecular flexibility index (Phi) is 8.89. The summed E-state index contributed by atoms with van der Waals surface area (Å²) in [7, 11) is 3.08. The molecule has 0 saturated carbocycles. The molecule has 3 rings (SSSR count). The van der Waals surface area contributed by atoms with Gasteiger partial charge in [-0.1, -0.05) is 30.3 Å². The number of hydrogen-bond acceptors (Lipinski definition) is 6. The average Bonchev–Trinajstić information content (AvgIpc) is 2.89. The van der Waals surface area contributed by atoms with Gasteiger partial charge in [-0.05, 0) is 63.5 Å². The molecule has 7 nitrogen and oxygen atoms in total. The number of carbonyl (C=O) groups excluding carboxylic acids is 1. The molecule has 0 aliphatic rings. The number of ether oxygens (including phenoxy) is 3. The molecule has 176 valence electrons. The van der Waals surface area contributed by atoms with Crippen LogP contribution in [0.1, 0.15) is 22.3 Å². The first kappa shape index (κ1) is 25.4. The van der Waals surface area contributed by atoms with Crippen molar-refractivity contribution < 1.29 is 19.0 Å². The maximum atomic E-state index is 12.6. The average molecular weight is 532 g/mol. The van der Waals surface area contributed by atoms with Crippen LogP contribution in [-0.4, -0.2) is 20.1 Å². The zero-order valence-corrected chi connectivity index (χ0v) is 20.8. The smallest absolute Gasteiger partial charge is 0.262 e. The molecule has 0 unspecified atom stereocenters. The van der Waals surface area contributed by atoms with Gasteiger partial charge >= 0.3 is 0 Å². The first-order valence-corrected chi connectivity index (χ1v) is 11.3. The highest BCUT2D eigenvalue weighted by atomic mass is 79.9. The van der Waals surface area contributed by atoms with Gasteiger partial charge in [-0.2, -0.15) is 10.5 Å². The molecule has 0 saturated heterocycles. The largest absolute Gasteiger partial charge is 0.497 e. The zero-order chi connectivity index (χ0) is 25.2. The van der Waals surface area contributed by atoms with Crippen molar-refractivity contribution in [2.75, 3.05) is 14.2 Å². The van der Waals surface area contributed by atoms with Crippen LogP contribution in [0.15, 0.2) is 70.7 Å². The van der Waals surface area contributed by atoms with Gasteiger partial charge in [-0.25, -0.2) is 0 Å². The second-order valence-corrected chi connectivity index (χ2v) is 8.15. The van der Waals surface area contributed by atoms with E-state index >= 15 is 0 Å². The summed E-state index contributed by atoms with van der Waals surface area (Å²) in [6, 6.07) is 21.9. The number of halogens is 1. The zero-order valence-electron chi connectivity index (χ0n) is 19.2. The Morgan fingerprint density at radius 1 is 1.06 bits per heavy atom. The molecule has 35 heavy (non-hydrogen) atoms. The van der Waals surface area contributed by atoms with E-state index in [-0.39, 0.29) is 18.7 Å². The van der Waals surface area contributed by atoms with E-state index in [1.165, 1.54) is 13.2 Å². The summed E-state index contributed by atoms with van der Waals surface area (Å²) in [6.07, 6.45) is 1.48. The van der Waals surface area contributed by atoms with Crippen molar-refractivity contribution in [3.05, 3.63) is 93.0 Å². The summed E-state index contributed by atoms with van der Waals surface area (Å²) in [5, 5.41) is 21.6. The van der Waals surface area contributed by atoms with E-state index in [0.29, 0.717) is 27.1 Å². The van der Waals surface area contributed by atoms with Crippen molar-refractivity contribution in [2.24, 2.45) is 0 Å². The molecule has 0 heterocycles. The minimum absolute atomic E-state index is 0.0518. The Morgan fingerprint density at radius 3 is 2.46 bits per heavy atom. The van der Waals surface area contributed by atoms with Crippen LogP contribution in [-0.2, 0) is 17.9 Å². The molecule has 0 spiro atoms. The minimum Gasteiger partial charge on any atom is -0.497 e. The van der Waals surface area contributed by atoms with E-state index in [9.17, 15) is 15.3 Å². The SMILES string of the molecule is COc1ccc(CNC(=O)/C(C#N)=C\c2cc(Br)c(OCc3ccccc3C#N)c(OC)c2)cc1. The third-order valence-electron chi connectivity index (χ3n) is 5.05. The summed E-state index contributed by atoms with van der Waals surface area (Å²) in [5.41, 5.74) is 2.67. The standard InChI is InChI=1S/C27H22BrN3O4/c1-33-23-9-7-18(8-10-23)16-31-27(32)22(15-30)11-19-12-24(28)26(25(13-19)34-2)35-17-21-6-4-3-5-20(21)14-29/h3-13H,16-17H2,1-2H3,(H,31,32)/b22-11-. The number of nitrogens with one attached hydrogen (secondary N) is 1. The van der Waals surface area contributed by atoms with Crippen molar-refractivity contribution in [1.82, 2.24) is 5.32 Å². The summed E-state index contributed by atoms with van der Waals surface area (Å²) in [4.78, 5) is 12.6. The van der Waals surface area contributed by atoms with E-state index in [2.05, 4.69) is 27.3 Å². The number of nitriles is 2. The van der Waals surface area contributed by atoms with E-state index in [1.807, 2.05) is 30.3 Å². The van der Waals surface area contributed by atoms with E-state index in [1.54, 1.807) is 43.5 Å². The van der Waals surface area contributed by atoms with Crippen LogP contribution in [0.4, 0.5) is 0 Å². The summed E-state index contributed by atoms with van der Waals surface area (Å²) < 4.78 is 17.1. The van der Waals surface area contributed by atoms with E-state index < -0.39 is 5.91 Å². The highest BCUT2D eigenvalue weighted by Gasteiger charge is 2.15. The van der Waals surface area contributed by atoms with E-state index in [4.69, 9.17) is 14.2 Å². The Hall–Kier alpha value is -4.27. The van der Waals surface area contributed by atoms with Crippen LogP contribution in [0.2, 0.25) is 0 Å². The van der Waals surface area contributed by atoms with Crippen LogP contribution < -0.4 is 19.5 Å². The second-order valence-electron chi connectivity index (χ2n) is 7.29. The molecule has 8 heteroatoms. The third kappa shape index (κ3) is 6.63. The topological polar surface area (TPSA) is 104 Å². The molecule has 1 amide bonds. The van der Waals surface area contributed by atoms with Crippen LogP contribution in [0.25, 0.3) is 6.08 Å². The Morgan fingerprint density at radius 2 is 1.80 bits per heavy atom. The monoisotopic (exact) mass is 531 g/mol. The lowest BCUT2D eigenvalue weighted by molar-refractivity contribution is -0.117. The number of carbonyl (C=O) groups is 1. The summed E-state index contributed by atoms with van der Waals surface area (Å²) in [6.45, 7) is 0.441. The van der Waals surface area contributed by atoms with Crippen molar-refractivity contribution in [1.29, 1.82) is 10.5 Å². The number of nitrogens with zero attached hydrogens (tertiary/aromatic N) is 2. The predicted molar refractivity (Wildman–Crippen MR) is 135 cm³/mol. The maximum Gasteiger partial charge on any atom is 0.262 e. The highest BCUT2D eigenvalue weighted by Crippen LogP contribution is 2.38. The van der Waals surface area contributed by atoms with Gasteiger partial charge in [0.2, 0.25) is 0 Å². The summed E-state index contributed by atoms with van der Waals surface area (Å²) >= 11 is 3.48. The normalized spacial score (nSPS) is 10.6. The lowest BCUT2D eigenvalue weighted by atomic mass is 10.1. The first-order chi connectivity index (χ1) is 17.0. The van der Waals surface area contributed by atoms with Gasteiger partial charge in [0.05, 0.1) is 30.3 Å². The number of rotatable bonds is 9. The van der Waals surface area contributed by atoms with Crippen LogP contribution in [0.5, 0.6) is 17.2 Å². The fourth-order valence-corrected chi connectivity index (χ4v) is 3.78. The van der Waals surface area contributed by atoms with Gasteiger partial charge < -0.3 is 19.5 Å². The Balaban J connectivity index is 1.75. The van der Waals surface area contributed by atoms with Gasteiger partial charge in [-0.3, -0.25) is 4.79 Å². The lowest BCUT2D eigenvalue weighted by Crippen LogP contribution is -2.23. The number of hydrogen-bond donors (Lipinski definition) is 1. The van der Waals surface area contributed by atoms with Crippen molar-refractivity contribution in [3.8, 4) is 29.4 Å². The van der Waals surface area contributed by atoms with Crippen LogP contribution in [0, 0.1) is 22.7 Å². The van der Waals surface area contributed by atoms with Crippen molar-refractivity contribution in [3.63, 3.8) is 0 Å². The van der Waals surface area contributed by atoms with Crippen molar-refractivity contribution >= 4 is 27.9 Å². The fourth-order valence-electron chi connectivity index (χ4n) is 3.20. The quantitative estimate of drug-likeness (QED) is 0.302. The Bertz CT molecular complexity index is 1320. The van der Waals surface area contributed by atoms with Gasteiger partial charge in [0.1, 0.15) is 24.0 Å². The molecule has 1 N–H and O–H groups in total. The molecule has 0 aliphatic carbocycles. The second kappa shape index (κ2) is 12.3. The Labute approximate surface area is 212 Å². The van der Waals surface area contributed by atoms with Crippen LogP contribution in [0.3, 0.4) is 0 Å². The molecule has 0 aromatic heterocycles. The minimum atomic E-state index is -0.494. The first-order valence-electron chi connectivity index (χ1n) is 10.5. The lowest BCUT2D eigenvalue weighted by Gasteiger charge is -2.14. The fraction of sp³-hybridized carbons (Fsp3) is 0.148. The molecule has 3 aromatic carbocycles. The molecular weight excluding hydrogens is 510 g/mol.